The molecule has 2 nitrogen and oxygen atoms in total. The van der Waals surface area contributed by atoms with Gasteiger partial charge in [-0.25, -0.2) is 0 Å². The van der Waals surface area contributed by atoms with Crippen LogP contribution in [0.3, 0.4) is 0 Å². The molecule has 2 N–H and O–H groups in total. The second-order valence-electron chi connectivity index (χ2n) is 3.84. The highest BCUT2D eigenvalue weighted by Gasteiger charge is 2.11. The van der Waals surface area contributed by atoms with Gasteiger partial charge in [-0.15, -0.1) is 11.3 Å². The molecule has 80 valence electrons. The van der Waals surface area contributed by atoms with Crippen molar-refractivity contribution in [3.63, 3.8) is 0 Å². The van der Waals surface area contributed by atoms with Gasteiger partial charge in [0, 0.05) is 28.4 Å². The summed E-state index contributed by atoms with van der Waals surface area (Å²) in [5.74, 6) is 0. The van der Waals surface area contributed by atoms with Crippen molar-refractivity contribution in [1.29, 1.82) is 0 Å². The Balaban J connectivity index is 2.62. The summed E-state index contributed by atoms with van der Waals surface area (Å²) in [6.07, 6.45) is 0. The summed E-state index contributed by atoms with van der Waals surface area (Å²) in [4.78, 5) is 1.32. The second-order valence-corrected chi connectivity index (χ2v) is 5.08. The summed E-state index contributed by atoms with van der Waals surface area (Å²) in [5.41, 5.74) is 9.53. The molecule has 0 saturated heterocycles. The maximum Gasteiger partial charge on any atom is 0.104 e. The van der Waals surface area contributed by atoms with Gasteiger partial charge in [0.15, 0.2) is 0 Å². The van der Waals surface area contributed by atoms with Crippen molar-refractivity contribution in [2.24, 2.45) is 5.73 Å². The van der Waals surface area contributed by atoms with Crippen molar-refractivity contribution in [1.82, 2.24) is 4.57 Å². The molecule has 0 spiro atoms. The van der Waals surface area contributed by atoms with Crippen LogP contribution in [0.25, 0.3) is 5.00 Å². The zero-order valence-electron chi connectivity index (χ0n) is 9.37. The average Bonchev–Trinajstić information content (AvgIpc) is 2.70. The van der Waals surface area contributed by atoms with Crippen LogP contribution in [0.4, 0.5) is 0 Å². The van der Waals surface area contributed by atoms with E-state index in [9.17, 15) is 0 Å². The van der Waals surface area contributed by atoms with Crippen LogP contribution in [0, 0.1) is 20.8 Å². The van der Waals surface area contributed by atoms with E-state index in [1.54, 1.807) is 0 Å². The van der Waals surface area contributed by atoms with Gasteiger partial charge in [0.25, 0.3) is 0 Å². The predicted octanol–water partition coefficient (Wildman–Crippen LogP) is 2.92. The van der Waals surface area contributed by atoms with Gasteiger partial charge in [0.2, 0.25) is 0 Å². The first kappa shape index (κ1) is 10.5. The Labute approximate surface area is 94.3 Å². The lowest BCUT2D eigenvalue weighted by Gasteiger charge is -2.08. The standard InChI is InChI=1S/C12H16N2S/c1-8-4-5-9(2)14(8)12-11(7-13)6-10(3)15-12/h4-6H,7,13H2,1-3H3. The van der Waals surface area contributed by atoms with Crippen LogP contribution in [-0.4, -0.2) is 4.57 Å². The molecule has 2 rings (SSSR count). The molecule has 0 unspecified atom stereocenters. The number of aryl methyl sites for hydroxylation is 3. The number of aromatic nitrogens is 1. The molecule has 3 heteroatoms. The van der Waals surface area contributed by atoms with Gasteiger partial charge in [-0.05, 0) is 39.0 Å². The van der Waals surface area contributed by atoms with Crippen LogP contribution >= 0.6 is 11.3 Å². The summed E-state index contributed by atoms with van der Waals surface area (Å²) >= 11 is 1.81. The summed E-state index contributed by atoms with van der Waals surface area (Å²) in [6.45, 7) is 6.99. The number of hydrogen-bond donors (Lipinski definition) is 1. The third-order valence-corrected chi connectivity index (χ3v) is 3.68. The molecule has 0 saturated carbocycles. The Bertz CT molecular complexity index is 460. The highest BCUT2D eigenvalue weighted by atomic mass is 32.1. The molecule has 0 bridgehead atoms. The fourth-order valence-corrected chi connectivity index (χ4v) is 3.04. The van der Waals surface area contributed by atoms with Gasteiger partial charge >= 0.3 is 0 Å². The fraction of sp³-hybridized carbons (Fsp3) is 0.333. The van der Waals surface area contributed by atoms with Gasteiger partial charge in [-0.1, -0.05) is 0 Å². The van der Waals surface area contributed by atoms with E-state index in [0.29, 0.717) is 6.54 Å². The Morgan fingerprint density at radius 2 is 1.80 bits per heavy atom. The monoisotopic (exact) mass is 220 g/mol. The van der Waals surface area contributed by atoms with E-state index in [1.165, 1.54) is 26.8 Å². The highest BCUT2D eigenvalue weighted by Crippen LogP contribution is 2.28. The molecule has 0 fully saturated rings. The minimum absolute atomic E-state index is 0.608. The number of nitrogens with zero attached hydrogens (tertiary/aromatic N) is 1. The van der Waals surface area contributed by atoms with E-state index >= 15 is 0 Å². The smallest absolute Gasteiger partial charge is 0.104 e. The lowest BCUT2D eigenvalue weighted by Crippen LogP contribution is -2.03. The number of thiophene rings is 1. The molecule has 2 heterocycles. The van der Waals surface area contributed by atoms with E-state index in [2.05, 4.69) is 43.5 Å². The maximum atomic E-state index is 5.76. The summed E-state index contributed by atoms with van der Waals surface area (Å²) < 4.78 is 2.28. The van der Waals surface area contributed by atoms with Crippen LogP contribution in [0.5, 0.6) is 0 Å². The lowest BCUT2D eigenvalue weighted by molar-refractivity contribution is 0.951. The quantitative estimate of drug-likeness (QED) is 0.829. The van der Waals surface area contributed by atoms with Crippen LogP contribution < -0.4 is 5.73 Å². The van der Waals surface area contributed by atoms with E-state index < -0.39 is 0 Å². The second kappa shape index (κ2) is 3.83. The predicted molar refractivity (Wildman–Crippen MR) is 65.7 cm³/mol. The normalized spacial score (nSPS) is 10.9. The van der Waals surface area contributed by atoms with Crippen LogP contribution in [0.1, 0.15) is 21.8 Å². The zero-order chi connectivity index (χ0) is 11.0. The van der Waals surface area contributed by atoms with Gasteiger partial charge in [-0.3, -0.25) is 0 Å². The molecule has 0 amide bonds. The van der Waals surface area contributed by atoms with Gasteiger partial charge in [0.1, 0.15) is 5.00 Å². The van der Waals surface area contributed by atoms with Crippen molar-refractivity contribution < 1.29 is 0 Å². The lowest BCUT2D eigenvalue weighted by atomic mass is 10.3. The van der Waals surface area contributed by atoms with E-state index in [1.807, 2.05) is 11.3 Å². The molecule has 2 aromatic rings. The minimum atomic E-state index is 0.608. The Morgan fingerprint density at radius 3 is 2.33 bits per heavy atom. The number of hydrogen-bond acceptors (Lipinski definition) is 2. The first-order valence-electron chi connectivity index (χ1n) is 5.08. The van der Waals surface area contributed by atoms with Gasteiger partial charge in [-0.2, -0.15) is 0 Å². The van der Waals surface area contributed by atoms with Crippen molar-refractivity contribution in [3.05, 3.63) is 40.0 Å². The molecular formula is C12H16N2S. The molecular weight excluding hydrogens is 204 g/mol. The summed E-state index contributed by atoms with van der Waals surface area (Å²) in [6, 6.07) is 6.47. The van der Waals surface area contributed by atoms with Crippen molar-refractivity contribution in [2.75, 3.05) is 0 Å². The Hall–Kier alpha value is -1.06. The first-order valence-corrected chi connectivity index (χ1v) is 5.90. The third-order valence-electron chi connectivity index (χ3n) is 2.60. The largest absolute Gasteiger partial charge is 0.326 e. The topological polar surface area (TPSA) is 30.9 Å². The van der Waals surface area contributed by atoms with Crippen molar-refractivity contribution >= 4 is 11.3 Å². The molecule has 2 aromatic heterocycles. The maximum absolute atomic E-state index is 5.76. The molecule has 0 aliphatic heterocycles. The van der Waals surface area contributed by atoms with Crippen molar-refractivity contribution in [2.45, 2.75) is 27.3 Å². The van der Waals surface area contributed by atoms with Crippen LogP contribution in [0.2, 0.25) is 0 Å². The number of nitrogens with two attached hydrogens (primary N) is 1. The highest BCUT2D eigenvalue weighted by molar-refractivity contribution is 7.14. The van der Waals surface area contributed by atoms with Gasteiger partial charge in [0.05, 0.1) is 0 Å². The third kappa shape index (κ3) is 1.73. The molecule has 15 heavy (non-hydrogen) atoms. The molecule has 0 radical (unpaired) electrons. The van der Waals surface area contributed by atoms with E-state index in [0.717, 1.165) is 0 Å². The Kier molecular flexibility index (Phi) is 2.67. The van der Waals surface area contributed by atoms with Crippen LogP contribution in [-0.2, 0) is 6.54 Å². The minimum Gasteiger partial charge on any atom is -0.326 e. The Morgan fingerprint density at radius 1 is 1.20 bits per heavy atom. The molecule has 0 atom stereocenters. The summed E-state index contributed by atoms with van der Waals surface area (Å²) in [7, 11) is 0. The van der Waals surface area contributed by atoms with Crippen LogP contribution in [0.15, 0.2) is 18.2 Å². The first-order chi connectivity index (χ1) is 7.13. The molecule has 0 aromatic carbocycles. The SMILES string of the molecule is Cc1cc(CN)c(-n2c(C)ccc2C)s1. The summed E-state index contributed by atoms with van der Waals surface area (Å²) in [5, 5.41) is 1.27. The van der Waals surface area contributed by atoms with Crippen molar-refractivity contribution in [3.8, 4) is 5.00 Å². The molecule has 0 aliphatic carbocycles. The van der Waals surface area contributed by atoms with E-state index in [4.69, 9.17) is 5.73 Å². The average molecular weight is 220 g/mol. The zero-order valence-corrected chi connectivity index (χ0v) is 10.2. The number of rotatable bonds is 2. The van der Waals surface area contributed by atoms with E-state index in [-0.39, 0.29) is 0 Å². The molecule has 0 aliphatic rings. The van der Waals surface area contributed by atoms with Gasteiger partial charge < -0.3 is 10.3 Å². The fourth-order valence-electron chi connectivity index (χ4n) is 1.88.